The molecule has 2 heterocycles. The van der Waals surface area contributed by atoms with E-state index in [2.05, 4.69) is 5.32 Å². The van der Waals surface area contributed by atoms with Gasteiger partial charge in [0.25, 0.3) is 0 Å². The molecule has 1 saturated heterocycles. The highest BCUT2D eigenvalue weighted by atomic mass is 32.2. The number of aromatic nitrogens is 1. The number of carbonyl (C=O) groups is 2. The van der Waals surface area contributed by atoms with Crippen LogP contribution in [0.2, 0.25) is 0 Å². The molecule has 1 aliphatic rings. The van der Waals surface area contributed by atoms with Crippen molar-refractivity contribution in [2.24, 2.45) is 13.0 Å². The predicted octanol–water partition coefficient (Wildman–Crippen LogP) is 3.47. The molecule has 1 aromatic heterocycles. The monoisotopic (exact) mass is 475 g/mol. The van der Waals surface area contributed by atoms with E-state index >= 15 is 0 Å². The molecule has 8 nitrogen and oxygen atoms in total. The van der Waals surface area contributed by atoms with Crippen molar-refractivity contribution in [2.45, 2.75) is 52.4 Å². The van der Waals surface area contributed by atoms with Gasteiger partial charge in [-0.15, -0.1) is 0 Å². The smallest absolute Gasteiger partial charge is 0.341 e. The van der Waals surface area contributed by atoms with Crippen LogP contribution in [0.5, 0.6) is 0 Å². The summed E-state index contributed by atoms with van der Waals surface area (Å²) in [5.41, 5.74) is 3.86. The van der Waals surface area contributed by atoms with E-state index in [1.807, 2.05) is 32.0 Å². The van der Waals surface area contributed by atoms with E-state index in [1.54, 1.807) is 32.4 Å². The van der Waals surface area contributed by atoms with Crippen molar-refractivity contribution in [2.75, 3.05) is 25.0 Å². The Morgan fingerprint density at radius 1 is 1.09 bits per heavy atom. The Morgan fingerprint density at radius 2 is 1.73 bits per heavy atom. The summed E-state index contributed by atoms with van der Waals surface area (Å²) in [7, 11) is -2.28. The number of rotatable bonds is 6. The Hall–Kier alpha value is -2.65. The molecular formula is C24H33N3O5S. The molecule has 1 fully saturated rings. The van der Waals surface area contributed by atoms with Gasteiger partial charge in [-0.05, 0) is 70.7 Å². The number of carbonyl (C=O) groups excluding carboxylic acids is 2. The summed E-state index contributed by atoms with van der Waals surface area (Å²) in [6.07, 6.45) is 1.16. The van der Waals surface area contributed by atoms with Crippen LogP contribution in [0, 0.1) is 33.6 Å². The molecule has 0 spiro atoms. The van der Waals surface area contributed by atoms with Gasteiger partial charge in [0.2, 0.25) is 15.9 Å². The highest BCUT2D eigenvalue weighted by Gasteiger charge is 2.39. The number of amides is 1. The van der Waals surface area contributed by atoms with E-state index in [-0.39, 0.29) is 29.5 Å². The zero-order valence-electron chi connectivity index (χ0n) is 20.2. The third-order valence-corrected chi connectivity index (χ3v) is 8.27. The number of nitrogens with zero attached hydrogens (tertiary/aromatic N) is 2. The van der Waals surface area contributed by atoms with Gasteiger partial charge in [0.1, 0.15) is 10.5 Å². The van der Waals surface area contributed by atoms with E-state index in [0.717, 1.165) is 11.1 Å². The van der Waals surface area contributed by atoms with Crippen LogP contribution in [0.4, 0.5) is 5.69 Å². The van der Waals surface area contributed by atoms with Crippen molar-refractivity contribution >= 4 is 27.6 Å². The summed E-state index contributed by atoms with van der Waals surface area (Å²) in [6.45, 7) is 9.49. The first-order valence-electron chi connectivity index (χ1n) is 11.2. The van der Waals surface area contributed by atoms with Gasteiger partial charge < -0.3 is 14.6 Å². The van der Waals surface area contributed by atoms with Crippen LogP contribution >= 0.6 is 0 Å². The molecule has 0 unspecified atom stereocenters. The highest BCUT2D eigenvalue weighted by Crippen LogP contribution is 2.32. The fourth-order valence-corrected chi connectivity index (χ4v) is 6.47. The van der Waals surface area contributed by atoms with Crippen LogP contribution in [0.25, 0.3) is 0 Å². The predicted molar refractivity (Wildman–Crippen MR) is 127 cm³/mol. The zero-order valence-corrected chi connectivity index (χ0v) is 21.0. The Kier molecular flexibility index (Phi) is 7.33. The lowest BCUT2D eigenvalue weighted by Gasteiger charge is -2.31. The Labute approximate surface area is 196 Å². The van der Waals surface area contributed by atoms with E-state index in [4.69, 9.17) is 4.74 Å². The summed E-state index contributed by atoms with van der Waals surface area (Å²) in [6, 6.07) is 5.81. The number of nitrogens with one attached hydrogen (secondary N) is 1. The third-order valence-electron chi connectivity index (χ3n) is 6.25. The SMILES string of the molecule is CCOC(=O)c1c(S(=O)(=O)N2CCC[C@H](C(=O)Nc3cc(C)cc(C)c3)C2)c(C)n(C)c1C. The van der Waals surface area contributed by atoms with Crippen molar-refractivity contribution in [3.8, 4) is 0 Å². The fraction of sp³-hybridized carbons (Fsp3) is 0.500. The van der Waals surface area contributed by atoms with Crippen LogP contribution in [-0.2, 0) is 26.6 Å². The van der Waals surface area contributed by atoms with Gasteiger partial charge in [0.15, 0.2) is 0 Å². The average Bonchev–Trinajstić information content (AvgIpc) is 2.98. The number of sulfonamides is 1. The molecular weight excluding hydrogens is 442 g/mol. The van der Waals surface area contributed by atoms with Crippen LogP contribution in [0.15, 0.2) is 23.1 Å². The minimum absolute atomic E-state index is 0.0312. The largest absolute Gasteiger partial charge is 0.462 e. The lowest BCUT2D eigenvalue weighted by Crippen LogP contribution is -2.44. The second kappa shape index (κ2) is 9.69. The molecule has 0 bridgehead atoms. The van der Waals surface area contributed by atoms with Gasteiger partial charge in [0.05, 0.1) is 12.5 Å². The number of anilines is 1. The number of hydrogen-bond acceptors (Lipinski definition) is 5. The van der Waals surface area contributed by atoms with Gasteiger partial charge in [-0.1, -0.05) is 6.07 Å². The summed E-state index contributed by atoms with van der Waals surface area (Å²) in [5.74, 6) is -1.34. The van der Waals surface area contributed by atoms with Crippen molar-refractivity contribution < 1.29 is 22.7 Å². The summed E-state index contributed by atoms with van der Waals surface area (Å²) >= 11 is 0. The van der Waals surface area contributed by atoms with Crippen LogP contribution < -0.4 is 5.32 Å². The van der Waals surface area contributed by atoms with E-state index < -0.39 is 21.9 Å². The van der Waals surface area contributed by atoms with Crippen molar-refractivity contribution in [1.29, 1.82) is 0 Å². The second-order valence-corrected chi connectivity index (χ2v) is 10.6. The van der Waals surface area contributed by atoms with E-state index in [1.165, 1.54) is 4.31 Å². The molecule has 2 aromatic rings. The molecule has 0 aliphatic carbocycles. The molecule has 3 rings (SSSR count). The molecule has 1 aliphatic heterocycles. The molecule has 9 heteroatoms. The van der Waals surface area contributed by atoms with Crippen molar-refractivity contribution in [3.05, 3.63) is 46.3 Å². The highest BCUT2D eigenvalue weighted by molar-refractivity contribution is 7.89. The van der Waals surface area contributed by atoms with Gasteiger partial charge in [-0.3, -0.25) is 4.79 Å². The molecule has 33 heavy (non-hydrogen) atoms. The first-order chi connectivity index (χ1) is 15.5. The van der Waals surface area contributed by atoms with Crippen LogP contribution in [0.1, 0.15) is 52.6 Å². The molecule has 1 atom stereocenters. The molecule has 1 aromatic carbocycles. The maximum absolute atomic E-state index is 13.7. The van der Waals surface area contributed by atoms with Crippen molar-refractivity contribution in [3.63, 3.8) is 0 Å². The number of benzene rings is 1. The minimum Gasteiger partial charge on any atom is -0.462 e. The minimum atomic E-state index is -4.01. The van der Waals surface area contributed by atoms with Gasteiger partial charge >= 0.3 is 5.97 Å². The summed E-state index contributed by atoms with van der Waals surface area (Å²) in [5, 5.41) is 2.94. The summed E-state index contributed by atoms with van der Waals surface area (Å²) < 4.78 is 35.5. The number of aryl methyl sites for hydroxylation is 2. The topological polar surface area (TPSA) is 97.7 Å². The lowest BCUT2D eigenvalue weighted by atomic mass is 9.98. The lowest BCUT2D eigenvalue weighted by molar-refractivity contribution is -0.120. The average molecular weight is 476 g/mol. The standard InChI is InChI=1S/C24H33N3O5S/c1-7-32-24(29)21-17(4)26(6)18(5)22(21)33(30,31)27-10-8-9-19(14-27)23(28)25-20-12-15(2)11-16(3)13-20/h11-13,19H,7-10,14H2,1-6H3,(H,25,28)/t19-/m0/s1. The van der Waals surface area contributed by atoms with Crippen LogP contribution in [0.3, 0.4) is 0 Å². The van der Waals surface area contributed by atoms with E-state index in [0.29, 0.717) is 36.5 Å². The number of piperidine rings is 1. The zero-order chi connectivity index (χ0) is 24.5. The fourth-order valence-electron chi connectivity index (χ4n) is 4.47. The Morgan fingerprint density at radius 3 is 2.33 bits per heavy atom. The summed E-state index contributed by atoms with van der Waals surface area (Å²) in [4.78, 5) is 25.6. The van der Waals surface area contributed by atoms with E-state index in [9.17, 15) is 18.0 Å². The van der Waals surface area contributed by atoms with Gasteiger partial charge in [0, 0.05) is 37.2 Å². The third kappa shape index (κ3) is 4.99. The number of ether oxygens (including phenoxy) is 1. The number of esters is 1. The molecule has 1 amide bonds. The van der Waals surface area contributed by atoms with Crippen LogP contribution in [-0.4, -0.2) is 48.9 Å². The number of hydrogen-bond donors (Lipinski definition) is 1. The Balaban J connectivity index is 1.88. The first kappa shape index (κ1) is 25.0. The molecule has 0 radical (unpaired) electrons. The second-order valence-electron chi connectivity index (χ2n) is 8.72. The quantitative estimate of drug-likeness (QED) is 0.645. The normalized spacial score (nSPS) is 17.1. The molecule has 1 N–H and O–H groups in total. The first-order valence-corrected chi connectivity index (χ1v) is 12.6. The van der Waals surface area contributed by atoms with Gasteiger partial charge in [-0.25, -0.2) is 13.2 Å². The van der Waals surface area contributed by atoms with Crippen molar-refractivity contribution in [1.82, 2.24) is 8.87 Å². The van der Waals surface area contributed by atoms with Gasteiger partial charge in [-0.2, -0.15) is 4.31 Å². The Bertz CT molecular complexity index is 1160. The maximum atomic E-state index is 13.7. The maximum Gasteiger partial charge on any atom is 0.341 e. The molecule has 0 saturated carbocycles. The molecule has 180 valence electrons.